The van der Waals surface area contributed by atoms with Gasteiger partial charge in [0.1, 0.15) is 24.4 Å². The number of nitrogens with one attached hydrogen (secondary N) is 1. The van der Waals surface area contributed by atoms with Gasteiger partial charge in [-0.2, -0.15) is 0 Å². The number of amides is 1. The molecule has 1 heterocycles. The van der Waals surface area contributed by atoms with E-state index in [1.807, 2.05) is 6.08 Å². The van der Waals surface area contributed by atoms with Gasteiger partial charge in [-0.25, -0.2) is 0 Å². The van der Waals surface area contributed by atoms with E-state index in [9.17, 15) is 35.1 Å². The highest BCUT2D eigenvalue weighted by Crippen LogP contribution is 2.26. The molecule has 0 radical (unpaired) electrons. The van der Waals surface area contributed by atoms with Gasteiger partial charge in [0.25, 0.3) is 0 Å². The molecule has 506 valence electrons. The van der Waals surface area contributed by atoms with Gasteiger partial charge in [-0.3, -0.25) is 9.59 Å². The summed E-state index contributed by atoms with van der Waals surface area (Å²) in [6.07, 6.45) is 81.5. The van der Waals surface area contributed by atoms with Gasteiger partial charge >= 0.3 is 5.97 Å². The number of allylic oxidation sites excluding steroid dienone is 23. The van der Waals surface area contributed by atoms with Crippen molar-refractivity contribution in [2.75, 3.05) is 13.2 Å². The predicted molar refractivity (Wildman–Crippen MR) is 374 cm³/mol. The summed E-state index contributed by atoms with van der Waals surface area (Å²) in [6, 6.07) is -1.05. The predicted octanol–water partition coefficient (Wildman–Crippen LogP) is 18.5. The lowest BCUT2D eigenvalue weighted by atomic mass is 9.99. The van der Waals surface area contributed by atoms with Crippen LogP contribution in [0.4, 0.5) is 0 Å². The molecule has 1 aliphatic heterocycles. The summed E-state index contributed by atoms with van der Waals surface area (Å²) in [7, 11) is 0. The van der Waals surface area contributed by atoms with Gasteiger partial charge < -0.3 is 45.1 Å². The van der Waals surface area contributed by atoms with Crippen LogP contribution in [0.3, 0.4) is 0 Å². The molecule has 0 aromatic carbocycles. The number of aliphatic hydroxyl groups is 5. The normalized spacial score (nSPS) is 19.0. The second kappa shape index (κ2) is 63.7. The van der Waals surface area contributed by atoms with Gasteiger partial charge in [-0.15, -0.1) is 0 Å². The fourth-order valence-electron chi connectivity index (χ4n) is 10.2. The van der Waals surface area contributed by atoms with E-state index in [1.165, 1.54) is 51.4 Å². The van der Waals surface area contributed by atoms with Gasteiger partial charge in [-0.05, 0) is 122 Å². The van der Waals surface area contributed by atoms with Crippen molar-refractivity contribution in [1.82, 2.24) is 5.32 Å². The molecule has 1 aliphatic rings. The molecular weight excluding hydrogens is 1110 g/mol. The SMILES string of the molecule is CC/C=C\C/C=C\C/C=C\C/C=C\C/C=C\C/C=C\CCCCCCCC(O)C(=O)NC(COC1OC(CO)C(O)C(O)C1OC(=O)CCCCCCCCC/C=C\C/C=C\C/C=C\C/C=C\C/C=C\CC)C(O)/C=C/CCCCCCCCCCCCC. The molecule has 0 aromatic heterocycles. The molecule has 0 aromatic rings. The first-order valence-electron chi connectivity index (χ1n) is 35.6. The third-order valence-electron chi connectivity index (χ3n) is 15.7. The number of carbonyl (C=O) groups excluding carboxylic acids is 2. The second-order valence-corrected chi connectivity index (χ2v) is 23.9. The average Bonchev–Trinajstić information content (AvgIpc) is 3.11. The number of ether oxygens (including phenoxy) is 3. The van der Waals surface area contributed by atoms with E-state index in [1.54, 1.807) is 6.08 Å². The largest absolute Gasteiger partial charge is 0.454 e. The number of unbranched alkanes of at least 4 members (excludes halogenated alkanes) is 23. The number of aliphatic hydroxyl groups excluding tert-OH is 5. The topological polar surface area (TPSA) is 175 Å². The van der Waals surface area contributed by atoms with Crippen molar-refractivity contribution >= 4 is 11.9 Å². The summed E-state index contributed by atoms with van der Waals surface area (Å²) in [5, 5.41) is 57.3. The fraction of sp³-hybridized carbons (Fsp3) is 0.667. The summed E-state index contributed by atoms with van der Waals surface area (Å²) in [5.41, 5.74) is 0. The Morgan fingerprint density at radius 2 is 0.809 bits per heavy atom. The van der Waals surface area contributed by atoms with Crippen LogP contribution in [0.2, 0.25) is 0 Å². The van der Waals surface area contributed by atoms with Crippen molar-refractivity contribution < 1.29 is 49.3 Å². The van der Waals surface area contributed by atoms with E-state index >= 15 is 0 Å². The van der Waals surface area contributed by atoms with E-state index < -0.39 is 67.4 Å². The van der Waals surface area contributed by atoms with Gasteiger partial charge in [0.2, 0.25) is 5.91 Å². The minimum atomic E-state index is -1.63. The van der Waals surface area contributed by atoms with Crippen LogP contribution in [-0.4, -0.2) is 99.6 Å². The van der Waals surface area contributed by atoms with Crippen LogP contribution < -0.4 is 5.32 Å². The molecule has 89 heavy (non-hydrogen) atoms. The molecule has 1 saturated heterocycles. The maximum Gasteiger partial charge on any atom is 0.306 e. The maximum absolute atomic E-state index is 13.5. The number of hydrogen-bond donors (Lipinski definition) is 6. The molecule has 6 N–H and O–H groups in total. The monoisotopic (exact) mass is 1240 g/mol. The molecule has 0 spiro atoms. The van der Waals surface area contributed by atoms with Crippen molar-refractivity contribution in [1.29, 1.82) is 0 Å². The lowest BCUT2D eigenvalue weighted by Crippen LogP contribution is -2.61. The van der Waals surface area contributed by atoms with E-state index in [2.05, 4.69) is 160 Å². The summed E-state index contributed by atoms with van der Waals surface area (Å²) in [6.45, 7) is 5.56. The average molecular weight is 1240 g/mol. The number of rotatable bonds is 59. The van der Waals surface area contributed by atoms with Crippen LogP contribution in [0.25, 0.3) is 0 Å². The Bertz CT molecular complexity index is 2010. The molecule has 8 unspecified atom stereocenters. The molecule has 11 nitrogen and oxygen atoms in total. The van der Waals surface area contributed by atoms with Gasteiger partial charge in [-0.1, -0.05) is 289 Å². The molecule has 8 atom stereocenters. The molecule has 1 amide bonds. The third kappa shape index (κ3) is 50.8. The standard InChI is InChI=1S/C78H129NO10/c1-4-7-10-13-16-19-22-25-27-29-31-33-35-37-38-40-42-44-47-50-53-56-59-62-65-71(82)77(86)79-69(70(81)64-61-58-55-52-49-46-24-21-18-15-12-9-6-3)68-87-78-76(75(85)74(84)72(67-80)88-78)89-73(83)66-63-60-57-54-51-48-45-43-41-39-36-34-32-30-28-26-23-20-17-14-11-8-5-2/h7-8,10-11,16-17,19-20,25-28,31-34,37-39,41-42,44,61,64,69-72,74-76,78,80-82,84-85H,4-6,9,12-15,18,21-24,29-30,35-36,40,43,45-60,62-63,65-68H2,1-3H3,(H,79,86)/b10-7-,11-8-,19-16-,20-17-,27-25-,28-26-,33-31-,34-32-,38-37-,41-39-,44-42-,64-61+. The van der Waals surface area contributed by atoms with Crippen molar-refractivity contribution in [2.45, 2.75) is 320 Å². The zero-order chi connectivity index (χ0) is 64.6. The molecule has 11 heteroatoms. The zero-order valence-corrected chi connectivity index (χ0v) is 56.2. The summed E-state index contributed by atoms with van der Waals surface area (Å²) in [4.78, 5) is 26.7. The van der Waals surface area contributed by atoms with E-state index in [4.69, 9.17) is 14.2 Å². The summed E-state index contributed by atoms with van der Waals surface area (Å²) >= 11 is 0. The molecule has 1 fully saturated rings. The lowest BCUT2D eigenvalue weighted by Gasteiger charge is -2.41. The number of esters is 1. The van der Waals surface area contributed by atoms with E-state index in [0.29, 0.717) is 12.8 Å². The van der Waals surface area contributed by atoms with Crippen molar-refractivity contribution in [3.8, 4) is 0 Å². The minimum absolute atomic E-state index is 0.100. The third-order valence-corrected chi connectivity index (χ3v) is 15.7. The first-order valence-corrected chi connectivity index (χ1v) is 35.6. The molecular formula is C78H129NO10. The molecule has 0 aliphatic carbocycles. The Morgan fingerprint density at radius 3 is 1.21 bits per heavy atom. The Hall–Kier alpha value is -4.46. The van der Waals surface area contributed by atoms with Crippen LogP contribution in [0.5, 0.6) is 0 Å². The number of hydrogen-bond acceptors (Lipinski definition) is 10. The van der Waals surface area contributed by atoms with E-state index in [-0.39, 0.29) is 19.4 Å². The quantitative estimate of drug-likeness (QED) is 0.0195. The van der Waals surface area contributed by atoms with Crippen LogP contribution in [-0.2, 0) is 23.8 Å². The fourth-order valence-corrected chi connectivity index (χ4v) is 10.2. The Kier molecular flexibility index (Phi) is 59.1. The van der Waals surface area contributed by atoms with Crippen LogP contribution in [0.1, 0.15) is 271 Å². The highest BCUT2D eigenvalue weighted by atomic mass is 16.7. The zero-order valence-electron chi connectivity index (χ0n) is 56.2. The summed E-state index contributed by atoms with van der Waals surface area (Å²) in [5.74, 6) is -1.23. The molecule has 0 saturated carbocycles. The van der Waals surface area contributed by atoms with Crippen molar-refractivity contribution in [3.63, 3.8) is 0 Å². The van der Waals surface area contributed by atoms with Crippen molar-refractivity contribution in [3.05, 3.63) is 146 Å². The summed E-state index contributed by atoms with van der Waals surface area (Å²) < 4.78 is 17.7. The number of carbonyl (C=O) groups is 2. The van der Waals surface area contributed by atoms with Crippen LogP contribution in [0, 0.1) is 0 Å². The van der Waals surface area contributed by atoms with Gasteiger partial charge in [0, 0.05) is 6.42 Å². The van der Waals surface area contributed by atoms with Gasteiger partial charge in [0.05, 0.1) is 25.4 Å². The molecule has 1 rings (SSSR count). The first kappa shape index (κ1) is 82.6. The Morgan fingerprint density at radius 1 is 0.449 bits per heavy atom. The van der Waals surface area contributed by atoms with Crippen LogP contribution >= 0.6 is 0 Å². The smallest absolute Gasteiger partial charge is 0.306 e. The lowest BCUT2D eigenvalue weighted by molar-refractivity contribution is -0.305. The maximum atomic E-state index is 13.5. The van der Waals surface area contributed by atoms with Crippen molar-refractivity contribution in [2.24, 2.45) is 0 Å². The van der Waals surface area contributed by atoms with Gasteiger partial charge in [0.15, 0.2) is 12.4 Å². The van der Waals surface area contributed by atoms with Crippen LogP contribution in [0.15, 0.2) is 146 Å². The second-order valence-electron chi connectivity index (χ2n) is 23.9. The molecule has 0 bridgehead atoms. The Balaban J connectivity index is 2.63. The Labute approximate surface area is 543 Å². The van der Waals surface area contributed by atoms with E-state index in [0.717, 1.165) is 173 Å². The highest BCUT2D eigenvalue weighted by molar-refractivity contribution is 5.80. The highest BCUT2D eigenvalue weighted by Gasteiger charge is 2.47. The first-order chi connectivity index (χ1) is 43.7. The minimum Gasteiger partial charge on any atom is -0.454 e.